The summed E-state index contributed by atoms with van der Waals surface area (Å²) in [5.74, 6) is 0.421. The number of amides is 3. The number of para-hydroxylation sites is 1. The van der Waals surface area contributed by atoms with Crippen LogP contribution >= 0.6 is 0 Å². The lowest BCUT2D eigenvalue weighted by Crippen LogP contribution is -2.46. The molecule has 0 aromatic heterocycles. The second-order valence-electron chi connectivity index (χ2n) is 8.01. The SMILES string of the molecule is CC(C)c1ccc(NC(=O)O[C@@H]2CO[C@H]3[C@@H]2OC[C@@H]3NC(=O)Nc2ccccc2)cc1. The molecule has 0 aliphatic carbocycles. The van der Waals surface area contributed by atoms with E-state index < -0.39 is 18.3 Å². The molecule has 4 rings (SSSR count). The average molecular weight is 425 g/mol. The highest BCUT2D eigenvalue weighted by atomic mass is 16.6. The lowest BCUT2D eigenvalue weighted by Gasteiger charge is -2.18. The molecular formula is C23H27N3O5. The molecule has 2 aromatic rings. The van der Waals surface area contributed by atoms with Crippen LogP contribution < -0.4 is 16.0 Å². The van der Waals surface area contributed by atoms with Gasteiger partial charge in [0.05, 0.1) is 19.3 Å². The van der Waals surface area contributed by atoms with Crippen molar-refractivity contribution in [3.05, 3.63) is 60.2 Å². The second-order valence-corrected chi connectivity index (χ2v) is 8.01. The largest absolute Gasteiger partial charge is 0.441 e. The summed E-state index contributed by atoms with van der Waals surface area (Å²) in [6.07, 6.45) is -1.89. The van der Waals surface area contributed by atoms with Crippen molar-refractivity contribution < 1.29 is 23.8 Å². The highest BCUT2D eigenvalue weighted by Crippen LogP contribution is 2.29. The van der Waals surface area contributed by atoms with Gasteiger partial charge in [0.15, 0.2) is 6.10 Å². The van der Waals surface area contributed by atoms with Crippen LogP contribution in [-0.2, 0) is 14.2 Å². The number of nitrogens with one attached hydrogen (secondary N) is 3. The van der Waals surface area contributed by atoms with E-state index in [9.17, 15) is 9.59 Å². The quantitative estimate of drug-likeness (QED) is 0.678. The van der Waals surface area contributed by atoms with Crippen molar-refractivity contribution in [3.63, 3.8) is 0 Å². The normalized spacial score (nSPS) is 24.5. The molecular weight excluding hydrogens is 398 g/mol. The van der Waals surface area contributed by atoms with E-state index >= 15 is 0 Å². The monoisotopic (exact) mass is 425 g/mol. The third-order valence-electron chi connectivity index (χ3n) is 5.44. The zero-order valence-corrected chi connectivity index (χ0v) is 17.5. The average Bonchev–Trinajstić information content (AvgIpc) is 3.32. The first-order valence-electron chi connectivity index (χ1n) is 10.4. The number of fused-ring (bicyclic) bond motifs is 1. The van der Waals surface area contributed by atoms with Crippen molar-refractivity contribution in [2.45, 2.75) is 44.1 Å². The van der Waals surface area contributed by atoms with Crippen LogP contribution in [0, 0.1) is 0 Å². The molecule has 2 aliphatic heterocycles. The maximum Gasteiger partial charge on any atom is 0.412 e. The topological polar surface area (TPSA) is 97.9 Å². The Morgan fingerprint density at radius 2 is 1.58 bits per heavy atom. The Morgan fingerprint density at radius 1 is 0.903 bits per heavy atom. The van der Waals surface area contributed by atoms with Crippen molar-refractivity contribution in [2.75, 3.05) is 23.8 Å². The maximum atomic E-state index is 12.3. The summed E-state index contributed by atoms with van der Waals surface area (Å²) in [5, 5.41) is 8.38. The third-order valence-corrected chi connectivity index (χ3v) is 5.44. The first kappa shape index (κ1) is 21.1. The van der Waals surface area contributed by atoms with Gasteiger partial charge in [-0.3, -0.25) is 5.32 Å². The number of carbonyl (C=O) groups is 2. The molecule has 0 unspecified atom stereocenters. The van der Waals surface area contributed by atoms with E-state index in [0.29, 0.717) is 17.3 Å². The molecule has 31 heavy (non-hydrogen) atoms. The van der Waals surface area contributed by atoms with E-state index in [2.05, 4.69) is 29.8 Å². The van der Waals surface area contributed by atoms with Crippen LogP contribution in [0.25, 0.3) is 0 Å². The molecule has 0 bridgehead atoms. The van der Waals surface area contributed by atoms with Gasteiger partial charge in [0.2, 0.25) is 0 Å². The van der Waals surface area contributed by atoms with Crippen LogP contribution in [-0.4, -0.2) is 49.7 Å². The number of ether oxygens (including phenoxy) is 3. The van der Waals surface area contributed by atoms with E-state index in [0.717, 1.165) is 0 Å². The fourth-order valence-corrected chi connectivity index (χ4v) is 3.78. The van der Waals surface area contributed by atoms with Gasteiger partial charge in [0, 0.05) is 11.4 Å². The predicted molar refractivity (Wildman–Crippen MR) is 116 cm³/mol. The molecule has 3 N–H and O–H groups in total. The minimum atomic E-state index is -0.562. The second kappa shape index (κ2) is 9.36. The van der Waals surface area contributed by atoms with E-state index in [1.165, 1.54) is 5.56 Å². The number of carbonyl (C=O) groups excluding carboxylic acids is 2. The highest BCUT2D eigenvalue weighted by Gasteiger charge is 2.50. The third kappa shape index (κ3) is 5.15. The number of benzene rings is 2. The molecule has 0 radical (unpaired) electrons. The molecule has 2 heterocycles. The Kier molecular flexibility index (Phi) is 6.39. The van der Waals surface area contributed by atoms with E-state index in [4.69, 9.17) is 14.2 Å². The number of hydrogen-bond donors (Lipinski definition) is 3. The number of hydrogen-bond acceptors (Lipinski definition) is 5. The van der Waals surface area contributed by atoms with Gasteiger partial charge in [-0.05, 0) is 35.7 Å². The zero-order valence-electron chi connectivity index (χ0n) is 17.5. The summed E-state index contributed by atoms with van der Waals surface area (Å²) in [5.41, 5.74) is 2.55. The van der Waals surface area contributed by atoms with Crippen LogP contribution in [0.1, 0.15) is 25.3 Å². The molecule has 8 nitrogen and oxygen atoms in total. The first-order chi connectivity index (χ1) is 15.0. The van der Waals surface area contributed by atoms with Gasteiger partial charge in [0.1, 0.15) is 12.2 Å². The van der Waals surface area contributed by atoms with Gasteiger partial charge in [-0.25, -0.2) is 9.59 Å². The fourth-order valence-electron chi connectivity index (χ4n) is 3.78. The summed E-state index contributed by atoms with van der Waals surface area (Å²) >= 11 is 0. The van der Waals surface area contributed by atoms with Crippen LogP contribution in [0.4, 0.5) is 21.0 Å². The number of urea groups is 1. The Bertz CT molecular complexity index is 903. The Balaban J connectivity index is 1.26. The fraction of sp³-hybridized carbons (Fsp3) is 0.391. The van der Waals surface area contributed by atoms with Crippen molar-refractivity contribution in [2.24, 2.45) is 0 Å². The van der Waals surface area contributed by atoms with Crippen LogP contribution in [0.15, 0.2) is 54.6 Å². The van der Waals surface area contributed by atoms with E-state index in [1.54, 1.807) is 12.1 Å². The predicted octanol–water partition coefficient (Wildman–Crippen LogP) is 3.72. The van der Waals surface area contributed by atoms with Crippen LogP contribution in [0.3, 0.4) is 0 Å². The molecule has 164 valence electrons. The van der Waals surface area contributed by atoms with Gasteiger partial charge in [0.25, 0.3) is 0 Å². The zero-order chi connectivity index (χ0) is 21.8. The van der Waals surface area contributed by atoms with Gasteiger partial charge in [-0.2, -0.15) is 0 Å². The first-order valence-corrected chi connectivity index (χ1v) is 10.4. The van der Waals surface area contributed by atoms with E-state index in [1.807, 2.05) is 42.5 Å². The minimum Gasteiger partial charge on any atom is -0.441 e. The minimum absolute atomic E-state index is 0.216. The van der Waals surface area contributed by atoms with Gasteiger partial charge in [-0.15, -0.1) is 0 Å². The smallest absolute Gasteiger partial charge is 0.412 e. The van der Waals surface area contributed by atoms with E-state index in [-0.39, 0.29) is 31.4 Å². The molecule has 3 amide bonds. The molecule has 4 atom stereocenters. The van der Waals surface area contributed by atoms with Gasteiger partial charge < -0.3 is 24.8 Å². The molecule has 0 saturated carbocycles. The molecule has 2 aliphatic rings. The van der Waals surface area contributed by atoms with Crippen molar-refractivity contribution in [1.82, 2.24) is 5.32 Å². The molecule has 0 spiro atoms. The summed E-state index contributed by atoms with van der Waals surface area (Å²) < 4.78 is 17.1. The Hall–Kier alpha value is -3.10. The Morgan fingerprint density at radius 3 is 2.29 bits per heavy atom. The molecule has 2 aromatic carbocycles. The maximum absolute atomic E-state index is 12.3. The number of rotatable bonds is 5. The van der Waals surface area contributed by atoms with Gasteiger partial charge in [-0.1, -0.05) is 44.2 Å². The molecule has 2 saturated heterocycles. The Labute approximate surface area is 181 Å². The lowest BCUT2D eigenvalue weighted by molar-refractivity contribution is 0.00874. The molecule has 2 fully saturated rings. The van der Waals surface area contributed by atoms with Crippen molar-refractivity contribution in [3.8, 4) is 0 Å². The van der Waals surface area contributed by atoms with Crippen molar-refractivity contribution >= 4 is 23.5 Å². The highest BCUT2D eigenvalue weighted by molar-refractivity contribution is 5.89. The summed E-state index contributed by atoms with van der Waals surface area (Å²) in [6.45, 7) is 4.73. The lowest BCUT2D eigenvalue weighted by atomic mass is 10.0. The summed E-state index contributed by atoms with van der Waals surface area (Å²) in [6, 6.07) is 16.2. The number of anilines is 2. The van der Waals surface area contributed by atoms with Crippen molar-refractivity contribution in [1.29, 1.82) is 0 Å². The molecule has 8 heteroatoms. The van der Waals surface area contributed by atoms with Gasteiger partial charge >= 0.3 is 12.1 Å². The van der Waals surface area contributed by atoms with Crippen LogP contribution in [0.2, 0.25) is 0 Å². The standard InChI is InChI=1S/C23H27N3O5/c1-14(2)15-8-10-17(11-9-15)25-23(28)31-19-13-30-20-18(12-29-21(19)20)26-22(27)24-16-6-4-3-5-7-16/h3-11,14,18-21H,12-13H2,1-2H3,(H,25,28)(H2,24,26,27)/t18-,19+,20+,21+/m0/s1. The van der Waals surface area contributed by atoms with Crippen LogP contribution in [0.5, 0.6) is 0 Å². The summed E-state index contributed by atoms with van der Waals surface area (Å²) in [7, 11) is 0. The summed E-state index contributed by atoms with van der Waals surface area (Å²) in [4.78, 5) is 24.6.